The molecule has 6 nitrogen and oxygen atoms in total. The second-order valence-electron chi connectivity index (χ2n) is 7.23. The van der Waals surface area contributed by atoms with Crippen molar-refractivity contribution in [3.8, 4) is 34.0 Å². The predicted octanol–water partition coefficient (Wildman–Crippen LogP) is 5.64. The van der Waals surface area contributed by atoms with E-state index in [0.717, 1.165) is 21.3 Å². The van der Waals surface area contributed by atoms with Crippen molar-refractivity contribution in [2.75, 3.05) is 13.7 Å². The lowest BCUT2D eigenvalue weighted by Gasteiger charge is -2.13. The summed E-state index contributed by atoms with van der Waals surface area (Å²) in [7, 11) is 1.48. The van der Waals surface area contributed by atoms with Gasteiger partial charge in [-0.25, -0.2) is 9.18 Å². The Balaban J connectivity index is 1.86. The van der Waals surface area contributed by atoms with Crippen LogP contribution in [0.25, 0.3) is 22.5 Å². The highest BCUT2D eigenvalue weighted by Gasteiger charge is 2.20. The highest BCUT2D eigenvalue weighted by atomic mass is 79.9. The van der Waals surface area contributed by atoms with Crippen LogP contribution in [0.3, 0.4) is 0 Å². The van der Waals surface area contributed by atoms with E-state index in [0.29, 0.717) is 23.6 Å². The number of methoxy groups -OCH3 is 1. The molecule has 1 heterocycles. The Morgan fingerprint density at radius 3 is 2.48 bits per heavy atom. The van der Waals surface area contributed by atoms with Crippen LogP contribution in [-0.2, 0) is 11.3 Å². The van der Waals surface area contributed by atoms with Crippen molar-refractivity contribution in [3.05, 3.63) is 88.6 Å². The summed E-state index contributed by atoms with van der Waals surface area (Å²) < 4.78 is 27.1. The SMILES string of the molecule is COc1cc(Br)cc(-c2cc(-c3ccc(F)cc3)n(Cc3ccccc3)n2)c1OCC(=O)O. The first-order valence-electron chi connectivity index (χ1n) is 10.0. The van der Waals surface area contributed by atoms with Crippen LogP contribution in [0.15, 0.2) is 77.3 Å². The van der Waals surface area contributed by atoms with Gasteiger partial charge in [0.15, 0.2) is 18.1 Å². The van der Waals surface area contributed by atoms with E-state index in [1.165, 1.54) is 19.2 Å². The molecular formula is C25H20BrFN2O4. The maximum atomic E-state index is 13.5. The lowest BCUT2D eigenvalue weighted by molar-refractivity contribution is -0.139. The van der Waals surface area contributed by atoms with Crippen LogP contribution in [0.1, 0.15) is 5.56 Å². The van der Waals surface area contributed by atoms with Gasteiger partial charge in [0, 0.05) is 15.6 Å². The van der Waals surface area contributed by atoms with Gasteiger partial charge in [-0.1, -0.05) is 46.3 Å². The molecule has 0 saturated carbocycles. The molecule has 0 amide bonds. The Labute approximate surface area is 198 Å². The zero-order chi connectivity index (χ0) is 23.4. The van der Waals surface area contributed by atoms with Crippen molar-refractivity contribution in [2.45, 2.75) is 6.54 Å². The molecule has 1 aromatic heterocycles. The molecule has 0 aliphatic heterocycles. The van der Waals surface area contributed by atoms with Crippen LogP contribution in [0.2, 0.25) is 0 Å². The molecule has 0 saturated heterocycles. The van der Waals surface area contributed by atoms with E-state index < -0.39 is 12.6 Å². The van der Waals surface area contributed by atoms with Crippen molar-refractivity contribution < 1.29 is 23.8 Å². The Bertz CT molecular complexity index is 1270. The number of rotatable bonds is 8. The van der Waals surface area contributed by atoms with E-state index in [9.17, 15) is 9.18 Å². The summed E-state index contributed by atoms with van der Waals surface area (Å²) in [4.78, 5) is 11.1. The molecule has 8 heteroatoms. The fourth-order valence-electron chi connectivity index (χ4n) is 3.47. The zero-order valence-electron chi connectivity index (χ0n) is 17.7. The monoisotopic (exact) mass is 510 g/mol. The standard InChI is InChI=1S/C25H20BrFN2O4/c1-32-23-12-18(26)11-20(25(23)33-15-24(30)31)21-13-22(17-7-9-19(27)10-8-17)29(28-21)14-16-5-3-2-4-6-16/h2-13H,14-15H2,1H3,(H,30,31). The average Bonchev–Trinajstić information content (AvgIpc) is 3.22. The summed E-state index contributed by atoms with van der Waals surface area (Å²) in [5, 5.41) is 13.9. The van der Waals surface area contributed by atoms with Gasteiger partial charge in [0.05, 0.1) is 25.0 Å². The van der Waals surface area contributed by atoms with Crippen LogP contribution in [-0.4, -0.2) is 34.6 Å². The second kappa shape index (κ2) is 9.87. The average molecular weight is 511 g/mol. The summed E-state index contributed by atoms with van der Waals surface area (Å²) in [5.74, 6) is -0.776. The topological polar surface area (TPSA) is 73.6 Å². The lowest BCUT2D eigenvalue weighted by atomic mass is 10.1. The molecule has 0 aliphatic carbocycles. The molecular weight excluding hydrogens is 491 g/mol. The summed E-state index contributed by atoms with van der Waals surface area (Å²) in [5.41, 5.74) is 3.74. The van der Waals surface area contributed by atoms with E-state index >= 15 is 0 Å². The van der Waals surface area contributed by atoms with E-state index in [1.54, 1.807) is 24.3 Å². The smallest absolute Gasteiger partial charge is 0.341 e. The van der Waals surface area contributed by atoms with E-state index in [4.69, 9.17) is 19.7 Å². The number of ether oxygens (including phenoxy) is 2. The number of halogens is 2. The number of hydrogen-bond acceptors (Lipinski definition) is 4. The minimum Gasteiger partial charge on any atom is -0.493 e. The number of carboxylic acids is 1. The van der Waals surface area contributed by atoms with Gasteiger partial charge in [-0.3, -0.25) is 4.68 Å². The van der Waals surface area contributed by atoms with Gasteiger partial charge < -0.3 is 14.6 Å². The Hall–Kier alpha value is -3.65. The molecule has 4 aromatic rings. The molecule has 0 fully saturated rings. The molecule has 0 bridgehead atoms. The van der Waals surface area contributed by atoms with Crippen LogP contribution in [0.5, 0.6) is 11.5 Å². The highest BCUT2D eigenvalue weighted by Crippen LogP contribution is 2.41. The lowest BCUT2D eigenvalue weighted by Crippen LogP contribution is -2.11. The largest absolute Gasteiger partial charge is 0.493 e. The summed E-state index contributed by atoms with van der Waals surface area (Å²) in [6.45, 7) is -0.0372. The quantitative estimate of drug-likeness (QED) is 0.332. The summed E-state index contributed by atoms with van der Waals surface area (Å²) in [6.07, 6.45) is 0. The van der Waals surface area contributed by atoms with Crippen LogP contribution in [0.4, 0.5) is 4.39 Å². The molecule has 0 aliphatic rings. The first-order valence-corrected chi connectivity index (χ1v) is 10.8. The van der Waals surface area contributed by atoms with Crippen LogP contribution in [0, 0.1) is 5.82 Å². The number of aromatic nitrogens is 2. The third kappa shape index (κ3) is 5.23. The van der Waals surface area contributed by atoms with Gasteiger partial charge in [-0.05, 0) is 48.0 Å². The number of benzene rings is 3. The first-order chi connectivity index (χ1) is 15.9. The number of nitrogens with zero attached hydrogens (tertiary/aromatic N) is 2. The zero-order valence-corrected chi connectivity index (χ0v) is 19.3. The molecule has 168 valence electrons. The molecule has 0 spiro atoms. The molecule has 0 atom stereocenters. The number of carbonyl (C=O) groups is 1. The second-order valence-corrected chi connectivity index (χ2v) is 8.15. The van der Waals surface area contributed by atoms with Gasteiger partial charge in [-0.15, -0.1) is 0 Å². The molecule has 0 unspecified atom stereocenters. The molecule has 0 radical (unpaired) electrons. The fourth-order valence-corrected chi connectivity index (χ4v) is 3.91. The van der Waals surface area contributed by atoms with E-state index in [1.807, 2.05) is 41.1 Å². The maximum absolute atomic E-state index is 13.5. The molecule has 4 rings (SSSR count). The number of hydrogen-bond donors (Lipinski definition) is 1. The molecule has 1 N–H and O–H groups in total. The first kappa shape index (κ1) is 22.5. The van der Waals surface area contributed by atoms with Gasteiger partial charge >= 0.3 is 5.97 Å². The van der Waals surface area contributed by atoms with Gasteiger partial charge in [-0.2, -0.15) is 5.10 Å². The fraction of sp³-hybridized carbons (Fsp3) is 0.120. The maximum Gasteiger partial charge on any atom is 0.341 e. The normalized spacial score (nSPS) is 10.8. The van der Waals surface area contributed by atoms with Gasteiger partial charge in [0.2, 0.25) is 0 Å². The number of aliphatic carboxylic acids is 1. The minimum absolute atomic E-state index is 0.276. The third-order valence-electron chi connectivity index (χ3n) is 4.95. The Morgan fingerprint density at radius 2 is 1.82 bits per heavy atom. The molecule has 33 heavy (non-hydrogen) atoms. The van der Waals surface area contributed by atoms with Crippen molar-refractivity contribution in [3.63, 3.8) is 0 Å². The van der Waals surface area contributed by atoms with Crippen LogP contribution < -0.4 is 9.47 Å². The van der Waals surface area contributed by atoms with Gasteiger partial charge in [0.1, 0.15) is 5.82 Å². The van der Waals surface area contributed by atoms with Crippen molar-refractivity contribution in [1.82, 2.24) is 9.78 Å². The Kier molecular flexibility index (Phi) is 6.74. The van der Waals surface area contributed by atoms with Gasteiger partial charge in [0.25, 0.3) is 0 Å². The van der Waals surface area contributed by atoms with Crippen molar-refractivity contribution in [2.24, 2.45) is 0 Å². The van der Waals surface area contributed by atoms with Crippen LogP contribution >= 0.6 is 15.9 Å². The Morgan fingerprint density at radius 1 is 1.09 bits per heavy atom. The van der Waals surface area contributed by atoms with Crippen molar-refractivity contribution in [1.29, 1.82) is 0 Å². The number of carboxylic acid groups (broad SMARTS) is 1. The van der Waals surface area contributed by atoms with E-state index in [-0.39, 0.29) is 11.6 Å². The van der Waals surface area contributed by atoms with E-state index in [2.05, 4.69) is 15.9 Å². The predicted molar refractivity (Wildman–Crippen MR) is 126 cm³/mol. The minimum atomic E-state index is -1.10. The third-order valence-corrected chi connectivity index (χ3v) is 5.41. The summed E-state index contributed by atoms with van der Waals surface area (Å²) >= 11 is 3.47. The summed E-state index contributed by atoms with van der Waals surface area (Å²) in [6, 6.07) is 21.4. The highest BCUT2D eigenvalue weighted by molar-refractivity contribution is 9.10. The van der Waals surface area contributed by atoms with Crippen molar-refractivity contribution >= 4 is 21.9 Å². The molecule has 3 aromatic carbocycles.